The van der Waals surface area contributed by atoms with E-state index in [0.29, 0.717) is 0 Å². The molecule has 4 heteroatoms. The Bertz CT molecular complexity index is 695. The van der Waals surface area contributed by atoms with Gasteiger partial charge in [-0.3, -0.25) is 4.79 Å². The third-order valence-corrected chi connectivity index (χ3v) is 4.30. The molecule has 2 aromatic rings. The molecular weight excluding hydrogens is 288 g/mol. The Kier molecular flexibility index (Phi) is 4.51. The molecule has 0 aliphatic carbocycles. The summed E-state index contributed by atoms with van der Waals surface area (Å²) in [6, 6.07) is 13.6. The number of nitrogens with one attached hydrogen (secondary N) is 2. The molecule has 0 fully saturated rings. The molecule has 1 amide bonds. The van der Waals surface area contributed by atoms with Crippen molar-refractivity contribution in [1.29, 1.82) is 0 Å². The Morgan fingerprint density at radius 1 is 1.22 bits per heavy atom. The first kappa shape index (κ1) is 15.4. The highest BCUT2D eigenvalue weighted by atomic mass is 16.5. The van der Waals surface area contributed by atoms with Crippen LogP contribution in [0.15, 0.2) is 42.5 Å². The average molecular weight is 310 g/mol. The van der Waals surface area contributed by atoms with Crippen LogP contribution in [0.1, 0.15) is 40.9 Å². The smallest absolute Gasteiger partial charge is 0.252 e. The highest BCUT2D eigenvalue weighted by Crippen LogP contribution is 2.26. The number of ether oxygens (including phenoxy) is 1. The van der Waals surface area contributed by atoms with E-state index < -0.39 is 0 Å². The van der Waals surface area contributed by atoms with Gasteiger partial charge in [0.2, 0.25) is 0 Å². The summed E-state index contributed by atoms with van der Waals surface area (Å²) in [6.07, 6.45) is 2.01. The summed E-state index contributed by atoms with van der Waals surface area (Å²) in [4.78, 5) is 12.7. The van der Waals surface area contributed by atoms with Crippen molar-refractivity contribution in [2.45, 2.75) is 25.8 Å². The van der Waals surface area contributed by atoms with Gasteiger partial charge in [0.15, 0.2) is 0 Å². The van der Waals surface area contributed by atoms with Gasteiger partial charge in [-0.15, -0.1) is 0 Å². The maximum atomic E-state index is 12.7. The Morgan fingerprint density at radius 2 is 2.00 bits per heavy atom. The maximum Gasteiger partial charge on any atom is 0.252 e. The first-order valence-corrected chi connectivity index (χ1v) is 7.99. The van der Waals surface area contributed by atoms with Crippen LogP contribution < -0.4 is 15.4 Å². The summed E-state index contributed by atoms with van der Waals surface area (Å²) in [5.74, 6) is 0.796. The lowest BCUT2D eigenvalue weighted by Crippen LogP contribution is -2.28. The number of hydrogen-bond acceptors (Lipinski definition) is 3. The lowest BCUT2D eigenvalue weighted by molar-refractivity contribution is 0.0939. The van der Waals surface area contributed by atoms with E-state index in [-0.39, 0.29) is 11.9 Å². The van der Waals surface area contributed by atoms with E-state index in [1.165, 1.54) is 0 Å². The molecule has 1 aliphatic rings. The molecule has 23 heavy (non-hydrogen) atoms. The first-order valence-electron chi connectivity index (χ1n) is 7.99. The molecule has 2 N–H and O–H groups in total. The van der Waals surface area contributed by atoms with Crippen molar-refractivity contribution in [1.82, 2.24) is 5.32 Å². The van der Waals surface area contributed by atoms with Crippen molar-refractivity contribution in [3.8, 4) is 5.75 Å². The average Bonchev–Trinajstić information content (AvgIpc) is 2.61. The number of hydrogen-bond donors (Lipinski definition) is 2. The van der Waals surface area contributed by atoms with E-state index in [1.807, 2.05) is 49.4 Å². The molecule has 3 rings (SSSR count). The largest absolute Gasteiger partial charge is 0.497 e. The Hall–Kier alpha value is -2.49. The molecule has 0 aromatic heterocycles. The Morgan fingerprint density at radius 3 is 2.74 bits per heavy atom. The van der Waals surface area contributed by atoms with Gasteiger partial charge >= 0.3 is 0 Å². The van der Waals surface area contributed by atoms with Crippen molar-refractivity contribution < 1.29 is 9.53 Å². The lowest BCUT2D eigenvalue weighted by atomic mass is 9.96. The summed E-state index contributed by atoms with van der Waals surface area (Å²) >= 11 is 0. The topological polar surface area (TPSA) is 50.4 Å². The fourth-order valence-corrected chi connectivity index (χ4v) is 2.97. The van der Waals surface area contributed by atoms with Gasteiger partial charge in [0.25, 0.3) is 5.91 Å². The van der Waals surface area contributed by atoms with Crippen LogP contribution in [-0.2, 0) is 6.42 Å². The fraction of sp³-hybridized carbons (Fsp3) is 0.316. The van der Waals surface area contributed by atoms with Gasteiger partial charge in [0.05, 0.1) is 13.2 Å². The second-order valence-corrected chi connectivity index (χ2v) is 5.83. The molecule has 120 valence electrons. The maximum absolute atomic E-state index is 12.7. The van der Waals surface area contributed by atoms with Crippen LogP contribution in [0.2, 0.25) is 0 Å². The second-order valence-electron chi connectivity index (χ2n) is 5.83. The van der Waals surface area contributed by atoms with Crippen molar-refractivity contribution in [3.63, 3.8) is 0 Å². The number of methoxy groups -OCH3 is 1. The molecular formula is C19H22N2O2. The van der Waals surface area contributed by atoms with Crippen LogP contribution in [0.3, 0.4) is 0 Å². The molecule has 1 atom stereocenters. The van der Waals surface area contributed by atoms with Gasteiger partial charge in [-0.1, -0.05) is 18.2 Å². The molecule has 0 saturated carbocycles. The van der Waals surface area contributed by atoms with E-state index in [9.17, 15) is 4.79 Å². The Balaban J connectivity index is 1.76. The molecule has 0 spiro atoms. The van der Waals surface area contributed by atoms with Gasteiger partial charge in [0.1, 0.15) is 5.75 Å². The van der Waals surface area contributed by atoms with E-state index >= 15 is 0 Å². The number of carbonyl (C=O) groups is 1. The molecule has 2 aromatic carbocycles. The van der Waals surface area contributed by atoms with Crippen LogP contribution in [0.5, 0.6) is 5.75 Å². The zero-order valence-electron chi connectivity index (χ0n) is 13.6. The molecule has 1 unspecified atom stereocenters. The molecule has 0 radical (unpaired) electrons. The number of benzene rings is 2. The third-order valence-electron chi connectivity index (χ3n) is 4.30. The predicted octanol–water partition coefficient (Wildman–Crippen LogP) is 3.54. The molecule has 1 heterocycles. The van der Waals surface area contributed by atoms with Crippen LogP contribution in [0.4, 0.5) is 5.69 Å². The van der Waals surface area contributed by atoms with Gasteiger partial charge in [0, 0.05) is 17.8 Å². The standard InChI is InChI=1S/C19H22N2O2/c1-13(14-8-10-15(23-2)11-9-14)21-19(22)17-5-3-7-18-16(17)6-4-12-20-18/h3,5,7-11,13,20H,4,6,12H2,1-2H3,(H,21,22). The van der Waals surface area contributed by atoms with Crippen LogP contribution in [-0.4, -0.2) is 19.6 Å². The van der Waals surface area contributed by atoms with E-state index in [2.05, 4.69) is 10.6 Å². The molecule has 1 aliphatic heterocycles. The minimum absolute atomic E-state index is 0.0196. The Labute approximate surface area is 136 Å². The zero-order chi connectivity index (χ0) is 16.2. The number of rotatable bonds is 4. The van der Waals surface area contributed by atoms with Crippen LogP contribution in [0.25, 0.3) is 0 Å². The number of fused-ring (bicyclic) bond motifs is 1. The summed E-state index contributed by atoms with van der Waals surface area (Å²) in [6.45, 7) is 2.97. The molecule has 0 saturated heterocycles. The van der Waals surface area contributed by atoms with Crippen molar-refractivity contribution in [2.75, 3.05) is 19.0 Å². The normalized spacial score (nSPS) is 14.3. The summed E-state index contributed by atoms with van der Waals surface area (Å²) < 4.78 is 5.17. The summed E-state index contributed by atoms with van der Waals surface area (Å²) in [5.41, 5.74) is 4.04. The van der Waals surface area contributed by atoms with Crippen LogP contribution >= 0.6 is 0 Å². The van der Waals surface area contributed by atoms with Crippen molar-refractivity contribution in [2.24, 2.45) is 0 Å². The fourth-order valence-electron chi connectivity index (χ4n) is 2.97. The number of anilines is 1. The summed E-state index contributed by atoms with van der Waals surface area (Å²) in [5, 5.41) is 6.45. The first-order chi connectivity index (χ1) is 11.2. The molecule has 4 nitrogen and oxygen atoms in total. The highest BCUT2D eigenvalue weighted by Gasteiger charge is 2.19. The number of carbonyl (C=O) groups excluding carboxylic acids is 1. The van der Waals surface area contributed by atoms with E-state index in [4.69, 9.17) is 4.74 Å². The van der Waals surface area contributed by atoms with Gasteiger partial charge in [-0.2, -0.15) is 0 Å². The van der Waals surface area contributed by atoms with Gasteiger partial charge in [-0.25, -0.2) is 0 Å². The third kappa shape index (κ3) is 3.31. The van der Waals surface area contributed by atoms with E-state index in [0.717, 1.165) is 47.5 Å². The predicted molar refractivity (Wildman–Crippen MR) is 92.1 cm³/mol. The zero-order valence-corrected chi connectivity index (χ0v) is 13.6. The van der Waals surface area contributed by atoms with Crippen molar-refractivity contribution >= 4 is 11.6 Å². The van der Waals surface area contributed by atoms with Crippen LogP contribution in [0, 0.1) is 0 Å². The monoisotopic (exact) mass is 310 g/mol. The highest BCUT2D eigenvalue weighted by molar-refractivity contribution is 5.97. The molecule has 0 bridgehead atoms. The van der Waals surface area contributed by atoms with E-state index in [1.54, 1.807) is 7.11 Å². The SMILES string of the molecule is COc1ccc(C(C)NC(=O)c2cccc3c2CCCN3)cc1. The number of amides is 1. The lowest BCUT2D eigenvalue weighted by Gasteiger charge is -2.22. The van der Waals surface area contributed by atoms with Gasteiger partial charge in [-0.05, 0) is 55.2 Å². The van der Waals surface area contributed by atoms with Gasteiger partial charge < -0.3 is 15.4 Å². The second kappa shape index (κ2) is 6.73. The summed E-state index contributed by atoms with van der Waals surface area (Å²) in [7, 11) is 1.65. The minimum atomic E-state index is -0.0548. The minimum Gasteiger partial charge on any atom is -0.497 e. The van der Waals surface area contributed by atoms with Crippen molar-refractivity contribution in [3.05, 3.63) is 59.2 Å². The quantitative estimate of drug-likeness (QED) is 0.908.